The average Bonchev–Trinajstić information content (AvgIpc) is 3.75. The van der Waals surface area contributed by atoms with Gasteiger partial charge in [-0.3, -0.25) is 9.59 Å². The van der Waals surface area contributed by atoms with Crippen molar-refractivity contribution in [2.75, 3.05) is 6.54 Å². The molecule has 1 aliphatic rings. The molecule has 1 amide bonds. The Kier molecular flexibility index (Phi) is 8.24. The van der Waals surface area contributed by atoms with Crippen molar-refractivity contribution in [3.05, 3.63) is 94.9 Å². The summed E-state index contributed by atoms with van der Waals surface area (Å²) < 4.78 is 63.4. The number of aromatic nitrogens is 4. The Morgan fingerprint density at radius 2 is 1.92 bits per heavy atom. The van der Waals surface area contributed by atoms with E-state index in [0.29, 0.717) is 42.3 Å². The van der Waals surface area contributed by atoms with Crippen molar-refractivity contribution in [1.29, 1.82) is 0 Å². The Labute approximate surface area is 287 Å². The molecular formula is C38H41F2N5O4. The van der Waals surface area contributed by atoms with E-state index in [1.165, 1.54) is 18.2 Å². The van der Waals surface area contributed by atoms with E-state index in [4.69, 9.17) is 13.8 Å². The smallest absolute Gasteiger partial charge is 0.303 e. The van der Waals surface area contributed by atoms with E-state index in [2.05, 4.69) is 15.4 Å². The summed E-state index contributed by atoms with van der Waals surface area (Å²) in [5.41, 5.74) is 0.923. The molecule has 0 saturated carbocycles. The predicted molar refractivity (Wildman–Crippen MR) is 183 cm³/mol. The van der Waals surface area contributed by atoms with Crippen molar-refractivity contribution in [3.8, 4) is 22.9 Å². The molecule has 3 N–H and O–H groups in total. The molecule has 0 radical (unpaired) electrons. The van der Waals surface area contributed by atoms with Gasteiger partial charge in [-0.2, -0.15) is 5.10 Å². The molecule has 256 valence electrons. The van der Waals surface area contributed by atoms with Crippen molar-refractivity contribution in [2.24, 2.45) is 12.4 Å². The lowest BCUT2D eigenvalue weighted by molar-refractivity contribution is -0.137. The number of ether oxygens (including phenoxy) is 1. The van der Waals surface area contributed by atoms with E-state index >= 15 is 8.78 Å². The van der Waals surface area contributed by atoms with Crippen molar-refractivity contribution in [3.63, 3.8) is 0 Å². The highest BCUT2D eigenvalue weighted by Crippen LogP contribution is 2.40. The number of hydrogen-bond donors (Lipinski definition) is 3. The number of amides is 1. The van der Waals surface area contributed by atoms with Gasteiger partial charge in [0.25, 0.3) is 0 Å². The van der Waals surface area contributed by atoms with Crippen LogP contribution in [0.1, 0.15) is 79.5 Å². The van der Waals surface area contributed by atoms with Crippen molar-refractivity contribution in [2.45, 2.75) is 71.1 Å². The molecular weight excluding hydrogens is 628 g/mol. The molecule has 0 saturated heterocycles. The van der Waals surface area contributed by atoms with E-state index < -0.39 is 30.0 Å². The number of aryl methyl sites for hydroxylation is 3. The molecule has 1 atom stereocenters. The van der Waals surface area contributed by atoms with E-state index in [1.54, 1.807) is 12.3 Å². The number of hydrogen-bond acceptors (Lipinski definition) is 5. The fraction of sp³-hybridized carbons (Fsp3) is 0.368. The van der Waals surface area contributed by atoms with Crippen LogP contribution in [-0.2, 0) is 34.8 Å². The van der Waals surface area contributed by atoms with E-state index in [-0.39, 0.29) is 65.7 Å². The fourth-order valence-electron chi connectivity index (χ4n) is 6.54. The molecule has 0 spiro atoms. The quantitative estimate of drug-likeness (QED) is 0.181. The van der Waals surface area contributed by atoms with Crippen LogP contribution in [0, 0.1) is 17.0 Å². The fourth-order valence-corrected chi connectivity index (χ4v) is 6.54. The summed E-state index contributed by atoms with van der Waals surface area (Å²) in [4.78, 5) is 32.2. The average molecular weight is 673 g/mol. The number of halogens is 2. The van der Waals surface area contributed by atoms with Crippen LogP contribution >= 0.6 is 0 Å². The standard InChI is InChI=1S/C38H41F2N5O4/c1-37(2)16-6-17-38(3,24-8-5-7-23(19-24)9-14-33(47)48)36-43-35(45(4)44-36)28-20-25(10-12-29(28)39)49-34-27(11-13-32(46)42-22-37)26-15-18-41-31(26)21-30(34)40/h5,7-8,10,12,15,18-21,41H,6,9,11,13-14,16-17,22H2,1-4H3,(H,42,46)(H,47,48)/i4D3. The molecule has 11 heteroatoms. The van der Waals surface area contributed by atoms with Gasteiger partial charge in [0.15, 0.2) is 23.2 Å². The first-order chi connectivity index (χ1) is 24.5. The van der Waals surface area contributed by atoms with Gasteiger partial charge in [-0.05, 0) is 73.4 Å². The number of aromatic amines is 1. The zero-order valence-corrected chi connectivity index (χ0v) is 27.7. The van der Waals surface area contributed by atoms with Crippen LogP contribution in [0.3, 0.4) is 0 Å². The summed E-state index contributed by atoms with van der Waals surface area (Å²) in [7, 11) is 0. The van der Waals surface area contributed by atoms with Crippen LogP contribution in [-0.4, -0.2) is 43.3 Å². The first-order valence-electron chi connectivity index (χ1n) is 17.9. The van der Waals surface area contributed by atoms with Crippen LogP contribution in [0.15, 0.2) is 60.8 Å². The van der Waals surface area contributed by atoms with Crippen LogP contribution in [0.2, 0.25) is 0 Å². The number of carboxylic acids is 1. The molecule has 0 fully saturated rings. The summed E-state index contributed by atoms with van der Waals surface area (Å²) in [6, 6.07) is 14.1. The van der Waals surface area contributed by atoms with Gasteiger partial charge in [-0.1, -0.05) is 44.5 Å². The van der Waals surface area contributed by atoms with Gasteiger partial charge in [-0.25, -0.2) is 18.4 Å². The Bertz CT molecular complexity index is 2140. The van der Waals surface area contributed by atoms with Gasteiger partial charge >= 0.3 is 5.97 Å². The Morgan fingerprint density at radius 3 is 2.71 bits per heavy atom. The molecule has 2 aromatic heterocycles. The van der Waals surface area contributed by atoms with Crippen molar-refractivity contribution >= 4 is 22.8 Å². The van der Waals surface area contributed by atoms with Crippen molar-refractivity contribution in [1.82, 2.24) is 25.1 Å². The van der Waals surface area contributed by atoms with Crippen LogP contribution in [0.5, 0.6) is 11.5 Å². The highest BCUT2D eigenvalue weighted by molar-refractivity contribution is 5.86. The largest absolute Gasteiger partial charge is 0.481 e. The zero-order valence-electron chi connectivity index (χ0n) is 30.7. The molecule has 5 aromatic rings. The molecule has 3 aromatic carbocycles. The molecule has 3 heterocycles. The predicted octanol–water partition coefficient (Wildman–Crippen LogP) is 7.62. The molecule has 1 aliphatic heterocycles. The zero-order chi connectivity index (χ0) is 37.4. The second-order valence-corrected chi connectivity index (χ2v) is 13.7. The second-order valence-electron chi connectivity index (χ2n) is 13.7. The second kappa shape index (κ2) is 13.4. The van der Waals surface area contributed by atoms with E-state index in [9.17, 15) is 14.7 Å². The third-order valence-corrected chi connectivity index (χ3v) is 9.45. The first-order valence-corrected chi connectivity index (χ1v) is 16.4. The van der Waals surface area contributed by atoms with Gasteiger partial charge in [0, 0.05) is 59.2 Å². The van der Waals surface area contributed by atoms with E-state index in [0.717, 1.165) is 21.9 Å². The van der Waals surface area contributed by atoms with Crippen LogP contribution in [0.25, 0.3) is 22.3 Å². The Hall–Kier alpha value is -5.06. The normalized spacial score (nSPS) is 19.6. The minimum absolute atomic E-state index is 0.0195. The lowest BCUT2D eigenvalue weighted by atomic mass is 9.75. The maximum atomic E-state index is 15.8. The highest BCUT2D eigenvalue weighted by atomic mass is 19.1. The Morgan fingerprint density at radius 1 is 1.08 bits per heavy atom. The van der Waals surface area contributed by atoms with Crippen LogP contribution < -0.4 is 10.1 Å². The van der Waals surface area contributed by atoms with Crippen molar-refractivity contribution < 1.29 is 32.3 Å². The maximum Gasteiger partial charge on any atom is 0.303 e. The monoisotopic (exact) mass is 672 g/mol. The molecule has 4 bridgehead atoms. The molecule has 49 heavy (non-hydrogen) atoms. The minimum atomic E-state index is -2.86. The van der Waals surface area contributed by atoms with E-state index in [1.807, 2.05) is 45.0 Å². The maximum absolute atomic E-state index is 15.8. The summed E-state index contributed by atoms with van der Waals surface area (Å²) >= 11 is 0. The van der Waals surface area contributed by atoms with Gasteiger partial charge in [0.1, 0.15) is 11.6 Å². The number of nitrogens with zero attached hydrogens (tertiary/aromatic N) is 3. The molecule has 6 rings (SSSR count). The minimum Gasteiger partial charge on any atom is -0.481 e. The summed E-state index contributed by atoms with van der Waals surface area (Å²) in [5, 5.41) is 17.5. The van der Waals surface area contributed by atoms with Gasteiger partial charge in [-0.15, -0.1) is 0 Å². The first kappa shape index (κ1) is 30.0. The number of nitrogens with one attached hydrogen (secondary N) is 2. The topological polar surface area (TPSA) is 122 Å². The number of carbonyl (C=O) groups excluding carboxylic acids is 1. The molecule has 1 unspecified atom stereocenters. The molecule has 0 aliphatic carbocycles. The number of H-pyrrole nitrogens is 1. The number of rotatable bonds is 4. The number of carboxylic acid groups (broad SMARTS) is 1. The summed E-state index contributed by atoms with van der Waals surface area (Å²) in [6.07, 6.45) is 3.82. The van der Waals surface area contributed by atoms with Gasteiger partial charge in [0.05, 0.1) is 11.0 Å². The van der Waals surface area contributed by atoms with Crippen LogP contribution in [0.4, 0.5) is 8.78 Å². The summed E-state index contributed by atoms with van der Waals surface area (Å²) in [6.45, 7) is 3.48. The lowest BCUT2D eigenvalue weighted by Gasteiger charge is -2.31. The number of aliphatic carboxylic acids is 1. The third-order valence-electron chi connectivity index (χ3n) is 9.45. The molecule has 9 nitrogen and oxygen atoms in total. The lowest BCUT2D eigenvalue weighted by Crippen LogP contribution is -2.34. The van der Waals surface area contributed by atoms with Gasteiger partial charge in [0.2, 0.25) is 5.91 Å². The summed E-state index contributed by atoms with van der Waals surface area (Å²) in [5.74, 6) is -2.87. The SMILES string of the molecule is [2H]C([2H])([2H])n1nc2nc1-c1cc(ccc1F)Oc1c(F)cc3[nH]ccc3c1CCC(=O)NCC(C)(C)CCCC2(C)c1cccc(CCC(=O)O)c1. The Balaban J connectivity index is 1.53. The highest BCUT2D eigenvalue weighted by Gasteiger charge is 2.35. The number of benzene rings is 3. The third kappa shape index (κ3) is 7.21. The number of fused-ring (bicyclic) bond motifs is 8. The number of carbonyl (C=O) groups is 2. The van der Waals surface area contributed by atoms with Gasteiger partial charge < -0.3 is 20.1 Å².